The lowest BCUT2D eigenvalue weighted by Gasteiger charge is -2.32. The van der Waals surface area contributed by atoms with Crippen LogP contribution in [0.4, 0.5) is 4.79 Å². The standard InChI is InChI=1S/C23H35N3O5/c1-23(2,3)31-22(29)24-13-10-21(28)26-14-11-18(12-15-26)25-20(27)9-8-17-6-5-7-19(16-17)30-4/h5-7,16,18H,8-15H2,1-4H3,(H,24,29)(H,25,27). The van der Waals surface area contributed by atoms with Crippen LogP contribution in [0, 0.1) is 0 Å². The molecule has 0 spiro atoms. The van der Waals surface area contributed by atoms with Crippen LogP contribution in [0.2, 0.25) is 0 Å². The summed E-state index contributed by atoms with van der Waals surface area (Å²) < 4.78 is 10.4. The summed E-state index contributed by atoms with van der Waals surface area (Å²) in [7, 11) is 1.63. The van der Waals surface area contributed by atoms with Crippen molar-refractivity contribution < 1.29 is 23.9 Å². The molecule has 0 atom stereocenters. The van der Waals surface area contributed by atoms with Crippen molar-refractivity contribution in [3.8, 4) is 5.75 Å². The molecule has 1 aliphatic heterocycles. The fourth-order valence-corrected chi connectivity index (χ4v) is 3.40. The van der Waals surface area contributed by atoms with Crippen molar-refractivity contribution in [2.45, 2.75) is 64.5 Å². The summed E-state index contributed by atoms with van der Waals surface area (Å²) in [4.78, 5) is 38.0. The highest BCUT2D eigenvalue weighted by molar-refractivity contribution is 5.78. The zero-order valence-corrected chi connectivity index (χ0v) is 19.0. The lowest BCUT2D eigenvalue weighted by atomic mass is 10.0. The number of aryl methyl sites for hydroxylation is 1. The summed E-state index contributed by atoms with van der Waals surface area (Å²) >= 11 is 0. The fraction of sp³-hybridized carbons (Fsp3) is 0.609. The maximum absolute atomic E-state index is 12.3. The molecule has 0 aromatic heterocycles. The van der Waals surface area contributed by atoms with E-state index in [2.05, 4.69) is 10.6 Å². The third-order valence-corrected chi connectivity index (χ3v) is 4.99. The predicted octanol–water partition coefficient (Wildman–Crippen LogP) is 2.65. The third kappa shape index (κ3) is 9.27. The summed E-state index contributed by atoms with van der Waals surface area (Å²) in [5.41, 5.74) is 0.504. The van der Waals surface area contributed by atoms with Crippen molar-refractivity contribution in [1.82, 2.24) is 15.5 Å². The Hall–Kier alpha value is -2.77. The van der Waals surface area contributed by atoms with E-state index >= 15 is 0 Å². The highest BCUT2D eigenvalue weighted by Gasteiger charge is 2.24. The van der Waals surface area contributed by atoms with E-state index in [0.717, 1.165) is 24.2 Å². The first-order valence-electron chi connectivity index (χ1n) is 10.8. The summed E-state index contributed by atoms with van der Waals surface area (Å²) in [6.07, 6.45) is 2.26. The topological polar surface area (TPSA) is 97.0 Å². The number of hydrogen-bond donors (Lipinski definition) is 2. The predicted molar refractivity (Wildman–Crippen MR) is 118 cm³/mol. The molecule has 0 aliphatic carbocycles. The third-order valence-electron chi connectivity index (χ3n) is 4.99. The molecule has 0 saturated carbocycles. The highest BCUT2D eigenvalue weighted by atomic mass is 16.6. The molecule has 1 heterocycles. The van der Waals surface area contributed by atoms with E-state index in [0.29, 0.717) is 25.9 Å². The molecule has 172 valence electrons. The van der Waals surface area contributed by atoms with Gasteiger partial charge in [0.25, 0.3) is 0 Å². The van der Waals surface area contributed by atoms with Crippen LogP contribution in [0.25, 0.3) is 0 Å². The molecule has 2 rings (SSSR count). The van der Waals surface area contributed by atoms with Crippen LogP contribution < -0.4 is 15.4 Å². The number of ether oxygens (including phenoxy) is 2. The minimum Gasteiger partial charge on any atom is -0.497 e. The second kappa shape index (κ2) is 11.6. The molecule has 0 radical (unpaired) electrons. The molecule has 1 fully saturated rings. The molecule has 1 aliphatic rings. The van der Waals surface area contributed by atoms with Gasteiger partial charge in [0, 0.05) is 38.5 Å². The number of carbonyl (C=O) groups is 3. The molecule has 31 heavy (non-hydrogen) atoms. The maximum Gasteiger partial charge on any atom is 0.407 e. The fourth-order valence-electron chi connectivity index (χ4n) is 3.40. The molecule has 3 amide bonds. The van der Waals surface area contributed by atoms with Gasteiger partial charge in [0.2, 0.25) is 11.8 Å². The van der Waals surface area contributed by atoms with Crippen LogP contribution in [0.1, 0.15) is 52.0 Å². The van der Waals surface area contributed by atoms with Crippen LogP contribution >= 0.6 is 0 Å². The van der Waals surface area contributed by atoms with Gasteiger partial charge in [-0.05, 0) is 57.7 Å². The van der Waals surface area contributed by atoms with E-state index < -0.39 is 11.7 Å². The Balaban J connectivity index is 1.63. The van der Waals surface area contributed by atoms with Gasteiger partial charge >= 0.3 is 6.09 Å². The molecule has 1 aromatic rings. The average molecular weight is 434 g/mol. The van der Waals surface area contributed by atoms with Crippen LogP contribution in [-0.4, -0.2) is 61.2 Å². The van der Waals surface area contributed by atoms with Gasteiger partial charge in [-0.2, -0.15) is 0 Å². The van der Waals surface area contributed by atoms with Crippen molar-refractivity contribution in [3.05, 3.63) is 29.8 Å². The zero-order chi connectivity index (χ0) is 22.9. The first-order chi connectivity index (χ1) is 14.7. The van der Waals surface area contributed by atoms with Gasteiger partial charge in [-0.1, -0.05) is 12.1 Å². The second-order valence-corrected chi connectivity index (χ2v) is 8.75. The quantitative estimate of drug-likeness (QED) is 0.657. The number of methoxy groups -OCH3 is 1. The van der Waals surface area contributed by atoms with Gasteiger partial charge in [0.05, 0.1) is 7.11 Å². The zero-order valence-electron chi connectivity index (χ0n) is 19.0. The second-order valence-electron chi connectivity index (χ2n) is 8.75. The van der Waals surface area contributed by atoms with Crippen molar-refractivity contribution in [2.75, 3.05) is 26.7 Å². The summed E-state index contributed by atoms with van der Waals surface area (Å²) in [5, 5.41) is 5.68. The first-order valence-corrected chi connectivity index (χ1v) is 10.8. The number of nitrogens with one attached hydrogen (secondary N) is 2. The number of hydrogen-bond acceptors (Lipinski definition) is 5. The number of likely N-dealkylation sites (tertiary alicyclic amines) is 1. The normalized spacial score (nSPS) is 14.6. The van der Waals surface area contributed by atoms with Crippen LogP contribution in [0.5, 0.6) is 5.75 Å². The van der Waals surface area contributed by atoms with Crippen molar-refractivity contribution in [1.29, 1.82) is 0 Å². The molecule has 1 saturated heterocycles. The number of benzene rings is 1. The molecule has 0 bridgehead atoms. The molecule has 1 aromatic carbocycles. The summed E-state index contributed by atoms with van der Waals surface area (Å²) in [5.74, 6) is 0.809. The monoisotopic (exact) mass is 433 g/mol. The Morgan fingerprint density at radius 1 is 1.13 bits per heavy atom. The average Bonchev–Trinajstić information content (AvgIpc) is 2.71. The Labute approximate surface area is 184 Å². The van der Waals surface area contributed by atoms with Crippen molar-refractivity contribution in [3.63, 3.8) is 0 Å². The molecular formula is C23H35N3O5. The lowest BCUT2D eigenvalue weighted by molar-refractivity contribution is -0.132. The van der Waals surface area contributed by atoms with Gasteiger partial charge in [-0.3, -0.25) is 9.59 Å². The van der Waals surface area contributed by atoms with Crippen LogP contribution in [-0.2, 0) is 20.7 Å². The van der Waals surface area contributed by atoms with E-state index in [1.807, 2.05) is 24.3 Å². The Morgan fingerprint density at radius 3 is 2.48 bits per heavy atom. The number of amides is 3. The minimum absolute atomic E-state index is 0.00106. The Bertz CT molecular complexity index is 752. The highest BCUT2D eigenvalue weighted by Crippen LogP contribution is 2.15. The maximum atomic E-state index is 12.3. The first kappa shape index (κ1) is 24.5. The molecule has 8 nitrogen and oxygen atoms in total. The lowest BCUT2D eigenvalue weighted by Crippen LogP contribution is -2.47. The Kier molecular flexibility index (Phi) is 9.15. The smallest absolute Gasteiger partial charge is 0.407 e. The number of alkyl carbamates (subject to hydrolysis) is 1. The number of piperidine rings is 1. The van der Waals surface area contributed by atoms with E-state index in [9.17, 15) is 14.4 Å². The van der Waals surface area contributed by atoms with Gasteiger partial charge in [-0.25, -0.2) is 4.79 Å². The minimum atomic E-state index is -0.561. The summed E-state index contributed by atoms with van der Waals surface area (Å²) in [6, 6.07) is 7.81. The van der Waals surface area contributed by atoms with E-state index in [1.165, 1.54) is 0 Å². The van der Waals surface area contributed by atoms with Crippen molar-refractivity contribution >= 4 is 17.9 Å². The van der Waals surface area contributed by atoms with E-state index in [-0.39, 0.29) is 30.8 Å². The molecular weight excluding hydrogens is 398 g/mol. The summed E-state index contributed by atoms with van der Waals surface area (Å²) in [6.45, 7) is 6.82. The molecule has 0 unspecified atom stereocenters. The van der Waals surface area contributed by atoms with Gasteiger partial charge < -0.3 is 25.0 Å². The number of nitrogens with zero attached hydrogens (tertiary/aromatic N) is 1. The van der Waals surface area contributed by atoms with Gasteiger partial charge in [0.1, 0.15) is 11.4 Å². The van der Waals surface area contributed by atoms with Gasteiger partial charge in [-0.15, -0.1) is 0 Å². The van der Waals surface area contributed by atoms with Crippen LogP contribution in [0.3, 0.4) is 0 Å². The van der Waals surface area contributed by atoms with E-state index in [4.69, 9.17) is 9.47 Å². The molecule has 8 heteroatoms. The largest absolute Gasteiger partial charge is 0.497 e. The number of carbonyl (C=O) groups excluding carboxylic acids is 3. The van der Waals surface area contributed by atoms with E-state index in [1.54, 1.807) is 32.8 Å². The Morgan fingerprint density at radius 2 is 1.84 bits per heavy atom. The van der Waals surface area contributed by atoms with Crippen LogP contribution in [0.15, 0.2) is 24.3 Å². The van der Waals surface area contributed by atoms with Crippen molar-refractivity contribution in [2.24, 2.45) is 0 Å². The van der Waals surface area contributed by atoms with Gasteiger partial charge in [0.15, 0.2) is 0 Å². The number of rotatable bonds is 8. The SMILES string of the molecule is COc1cccc(CCC(=O)NC2CCN(C(=O)CCNC(=O)OC(C)(C)C)CC2)c1. The molecule has 2 N–H and O–H groups in total.